The standard InChI is InChI=1S/C21H33NO/c1-17(9-6-11-18(2)13-8-16-22)10-7-12-19(3)14-15-20-21(4,5)23-20/h9,12-13,20H,6-8,10-11,14-15H2,1-5H3/b17-9+,18-13+,19-12?. The molecule has 1 atom stereocenters. The van der Waals surface area contributed by atoms with Crippen molar-refractivity contribution < 1.29 is 4.74 Å². The lowest BCUT2D eigenvalue weighted by Crippen LogP contribution is -2.02. The van der Waals surface area contributed by atoms with E-state index in [1.165, 1.54) is 16.7 Å². The first-order valence-electron chi connectivity index (χ1n) is 8.87. The first-order chi connectivity index (χ1) is 10.8. The van der Waals surface area contributed by atoms with Crippen LogP contribution in [0.25, 0.3) is 0 Å². The number of ether oxygens (including phenoxy) is 1. The molecular weight excluding hydrogens is 282 g/mol. The molecular formula is C21H33NO. The van der Waals surface area contributed by atoms with Gasteiger partial charge in [-0.05, 0) is 73.1 Å². The predicted molar refractivity (Wildman–Crippen MR) is 98.2 cm³/mol. The van der Waals surface area contributed by atoms with Crippen LogP contribution in [-0.2, 0) is 4.74 Å². The molecule has 1 saturated heterocycles. The molecule has 0 amide bonds. The van der Waals surface area contributed by atoms with Gasteiger partial charge in [0.25, 0.3) is 0 Å². The van der Waals surface area contributed by atoms with Crippen molar-refractivity contribution in [2.75, 3.05) is 0 Å². The van der Waals surface area contributed by atoms with Gasteiger partial charge in [-0.2, -0.15) is 5.26 Å². The van der Waals surface area contributed by atoms with Gasteiger partial charge in [-0.1, -0.05) is 34.9 Å². The average Bonchev–Trinajstić information content (AvgIpc) is 3.10. The summed E-state index contributed by atoms with van der Waals surface area (Å²) in [5.41, 5.74) is 4.39. The highest BCUT2D eigenvalue weighted by molar-refractivity contribution is 5.07. The Morgan fingerprint density at radius 1 is 0.957 bits per heavy atom. The van der Waals surface area contributed by atoms with Gasteiger partial charge in [0.15, 0.2) is 0 Å². The summed E-state index contributed by atoms with van der Waals surface area (Å²) in [6, 6.07) is 2.16. The second-order valence-corrected chi connectivity index (χ2v) is 7.34. The van der Waals surface area contributed by atoms with Crippen molar-refractivity contribution in [3.05, 3.63) is 34.9 Å². The maximum absolute atomic E-state index is 8.55. The van der Waals surface area contributed by atoms with E-state index >= 15 is 0 Å². The molecule has 0 radical (unpaired) electrons. The van der Waals surface area contributed by atoms with Crippen molar-refractivity contribution in [2.45, 2.75) is 91.3 Å². The van der Waals surface area contributed by atoms with Crippen LogP contribution in [0.2, 0.25) is 0 Å². The Morgan fingerprint density at radius 3 is 1.91 bits per heavy atom. The highest BCUT2D eigenvalue weighted by Gasteiger charge is 2.46. The number of hydrogen-bond acceptors (Lipinski definition) is 2. The van der Waals surface area contributed by atoms with Gasteiger partial charge < -0.3 is 4.74 Å². The molecule has 1 fully saturated rings. The quantitative estimate of drug-likeness (QED) is 0.352. The fraction of sp³-hybridized carbons (Fsp3) is 0.667. The van der Waals surface area contributed by atoms with Crippen molar-refractivity contribution in [3.63, 3.8) is 0 Å². The topological polar surface area (TPSA) is 36.3 Å². The van der Waals surface area contributed by atoms with Crippen LogP contribution in [0, 0.1) is 11.3 Å². The Hall–Kier alpha value is -1.33. The summed E-state index contributed by atoms with van der Waals surface area (Å²) < 4.78 is 5.63. The third-order valence-corrected chi connectivity index (χ3v) is 4.57. The fourth-order valence-corrected chi connectivity index (χ4v) is 2.72. The van der Waals surface area contributed by atoms with Gasteiger partial charge in [0.1, 0.15) is 0 Å². The van der Waals surface area contributed by atoms with E-state index in [-0.39, 0.29) is 5.60 Å². The number of allylic oxidation sites excluding steroid dienone is 6. The van der Waals surface area contributed by atoms with E-state index in [4.69, 9.17) is 10.00 Å². The van der Waals surface area contributed by atoms with Crippen LogP contribution in [0.15, 0.2) is 34.9 Å². The molecule has 0 aromatic carbocycles. The molecule has 0 aliphatic carbocycles. The molecule has 1 unspecified atom stereocenters. The smallest absolute Gasteiger partial charge is 0.0892 e. The van der Waals surface area contributed by atoms with Crippen molar-refractivity contribution in [2.24, 2.45) is 0 Å². The van der Waals surface area contributed by atoms with Gasteiger partial charge in [0, 0.05) is 0 Å². The van der Waals surface area contributed by atoms with Crippen molar-refractivity contribution in [1.29, 1.82) is 5.26 Å². The second kappa shape index (κ2) is 9.73. The summed E-state index contributed by atoms with van der Waals surface area (Å²) in [5.74, 6) is 0. The van der Waals surface area contributed by atoms with E-state index < -0.39 is 0 Å². The minimum absolute atomic E-state index is 0.124. The Morgan fingerprint density at radius 2 is 1.43 bits per heavy atom. The number of rotatable bonds is 10. The van der Waals surface area contributed by atoms with E-state index in [9.17, 15) is 0 Å². The lowest BCUT2D eigenvalue weighted by atomic mass is 10.0. The van der Waals surface area contributed by atoms with E-state index in [1.54, 1.807) is 0 Å². The first-order valence-corrected chi connectivity index (χ1v) is 8.87. The largest absolute Gasteiger partial charge is 0.367 e. The molecule has 0 bridgehead atoms. The van der Waals surface area contributed by atoms with Gasteiger partial charge in [-0.15, -0.1) is 0 Å². The van der Waals surface area contributed by atoms with Crippen molar-refractivity contribution in [1.82, 2.24) is 0 Å². The lowest BCUT2D eigenvalue weighted by molar-refractivity contribution is 0.320. The summed E-state index contributed by atoms with van der Waals surface area (Å²) in [5, 5.41) is 8.55. The third-order valence-electron chi connectivity index (χ3n) is 4.57. The monoisotopic (exact) mass is 315 g/mol. The molecule has 0 saturated carbocycles. The molecule has 2 nitrogen and oxygen atoms in total. The van der Waals surface area contributed by atoms with Gasteiger partial charge in [-0.25, -0.2) is 0 Å². The molecule has 2 heteroatoms. The summed E-state index contributed by atoms with van der Waals surface area (Å²) in [7, 11) is 0. The molecule has 1 rings (SSSR count). The SMILES string of the molecule is CC(=CCC/C(C)=C/CC/C(C)=C/CC#N)CCC1OC1(C)C. The summed E-state index contributed by atoms with van der Waals surface area (Å²) in [6.07, 6.45) is 14.5. The maximum atomic E-state index is 8.55. The van der Waals surface area contributed by atoms with Crippen molar-refractivity contribution >= 4 is 0 Å². The van der Waals surface area contributed by atoms with E-state index in [0.717, 1.165) is 38.5 Å². The molecule has 0 N–H and O–H groups in total. The minimum Gasteiger partial charge on any atom is -0.367 e. The summed E-state index contributed by atoms with van der Waals surface area (Å²) in [6.45, 7) is 10.9. The zero-order valence-corrected chi connectivity index (χ0v) is 15.6. The summed E-state index contributed by atoms with van der Waals surface area (Å²) in [4.78, 5) is 0. The molecule has 0 aromatic heterocycles. The third kappa shape index (κ3) is 8.77. The van der Waals surface area contributed by atoms with Gasteiger partial charge in [0.05, 0.1) is 24.2 Å². The maximum Gasteiger partial charge on any atom is 0.0892 e. The van der Waals surface area contributed by atoms with Crippen LogP contribution >= 0.6 is 0 Å². The molecule has 23 heavy (non-hydrogen) atoms. The average molecular weight is 316 g/mol. The second-order valence-electron chi connectivity index (χ2n) is 7.34. The van der Waals surface area contributed by atoms with Crippen LogP contribution in [0.5, 0.6) is 0 Å². The van der Waals surface area contributed by atoms with Gasteiger partial charge >= 0.3 is 0 Å². The Labute approximate surface area is 142 Å². The molecule has 0 aromatic rings. The first kappa shape index (κ1) is 19.7. The highest BCUT2D eigenvalue weighted by Crippen LogP contribution is 2.38. The Kier molecular flexibility index (Phi) is 8.34. The van der Waals surface area contributed by atoms with Crippen LogP contribution in [-0.4, -0.2) is 11.7 Å². The number of epoxide rings is 1. The normalized spacial score (nSPS) is 21.2. The fourth-order valence-electron chi connectivity index (χ4n) is 2.72. The van der Waals surface area contributed by atoms with Crippen LogP contribution in [0.3, 0.4) is 0 Å². The van der Waals surface area contributed by atoms with Gasteiger partial charge in [-0.3, -0.25) is 0 Å². The lowest BCUT2D eigenvalue weighted by Gasteiger charge is -2.03. The highest BCUT2D eigenvalue weighted by atomic mass is 16.6. The zero-order chi connectivity index (χ0) is 17.3. The van der Waals surface area contributed by atoms with Crippen LogP contribution in [0.1, 0.15) is 79.6 Å². The van der Waals surface area contributed by atoms with Gasteiger partial charge in [0.2, 0.25) is 0 Å². The van der Waals surface area contributed by atoms with E-state index in [0.29, 0.717) is 12.5 Å². The molecule has 0 spiro atoms. The molecule has 1 aliphatic rings. The van der Waals surface area contributed by atoms with E-state index in [2.05, 4.69) is 52.8 Å². The molecule has 1 heterocycles. The number of nitriles is 1. The Balaban J connectivity index is 2.16. The van der Waals surface area contributed by atoms with Crippen LogP contribution < -0.4 is 0 Å². The Bertz CT molecular complexity index is 502. The zero-order valence-electron chi connectivity index (χ0n) is 15.6. The van der Waals surface area contributed by atoms with Crippen LogP contribution in [0.4, 0.5) is 0 Å². The molecule has 1 aliphatic heterocycles. The number of hydrogen-bond donors (Lipinski definition) is 0. The molecule has 128 valence electrons. The summed E-state index contributed by atoms with van der Waals surface area (Å²) >= 11 is 0. The number of nitrogens with zero attached hydrogens (tertiary/aromatic N) is 1. The predicted octanol–water partition coefficient (Wildman–Crippen LogP) is 6.26. The minimum atomic E-state index is 0.124. The van der Waals surface area contributed by atoms with Crippen molar-refractivity contribution in [3.8, 4) is 6.07 Å². The van der Waals surface area contributed by atoms with E-state index in [1.807, 2.05) is 6.08 Å².